The Morgan fingerprint density at radius 3 is 2.83 bits per heavy atom. The van der Waals surface area contributed by atoms with Gasteiger partial charge in [0.05, 0.1) is 18.2 Å². The molecular formula is C23H28N6O6. The maximum Gasteiger partial charge on any atom is 0.307 e. The standard InChI is InChI=1S/C23H28N6O6/c1-33-11-12-34-17-6-4-16(5-7-17)29(32)21(24)20-22(27-35-26-20)25-8-10-28-9-2-3-15(14-28)18-13-19(18)23(30)31/h2-7,9,18-19,24,32H,8,10-14H2,1H3,(H,25,27)(H,30,31). The number of benzene rings is 1. The number of methoxy groups -OCH3 is 1. The van der Waals surface area contributed by atoms with Crippen molar-refractivity contribution >= 4 is 23.3 Å². The molecule has 12 heteroatoms. The van der Waals surface area contributed by atoms with Gasteiger partial charge >= 0.3 is 5.97 Å². The van der Waals surface area contributed by atoms with Gasteiger partial charge in [-0.15, -0.1) is 0 Å². The van der Waals surface area contributed by atoms with Gasteiger partial charge in [-0.2, -0.15) is 0 Å². The van der Waals surface area contributed by atoms with E-state index in [0.717, 1.165) is 5.57 Å². The van der Waals surface area contributed by atoms with E-state index >= 15 is 0 Å². The largest absolute Gasteiger partial charge is 0.491 e. The first-order valence-electron chi connectivity index (χ1n) is 11.2. The van der Waals surface area contributed by atoms with Crippen molar-refractivity contribution in [3.8, 4) is 5.75 Å². The highest BCUT2D eigenvalue weighted by Crippen LogP contribution is 2.45. The number of amidine groups is 1. The topological polar surface area (TPSA) is 157 Å². The zero-order valence-electron chi connectivity index (χ0n) is 19.3. The zero-order chi connectivity index (χ0) is 24.8. The molecule has 1 aliphatic heterocycles. The predicted molar refractivity (Wildman–Crippen MR) is 126 cm³/mol. The second-order valence-corrected chi connectivity index (χ2v) is 8.22. The second kappa shape index (κ2) is 11.0. The number of nitrogens with one attached hydrogen (secondary N) is 2. The van der Waals surface area contributed by atoms with Crippen molar-refractivity contribution in [2.24, 2.45) is 11.8 Å². The molecule has 12 nitrogen and oxygen atoms in total. The lowest BCUT2D eigenvalue weighted by molar-refractivity contribution is -0.138. The van der Waals surface area contributed by atoms with Crippen LogP contribution in [0.4, 0.5) is 11.5 Å². The molecule has 1 fully saturated rings. The van der Waals surface area contributed by atoms with Gasteiger partial charge in [-0.05, 0) is 64.8 Å². The predicted octanol–water partition coefficient (Wildman–Crippen LogP) is 2.20. The molecule has 0 spiro atoms. The molecule has 4 N–H and O–H groups in total. The summed E-state index contributed by atoms with van der Waals surface area (Å²) in [4.78, 5) is 13.2. The number of hydrogen-bond donors (Lipinski definition) is 4. The summed E-state index contributed by atoms with van der Waals surface area (Å²) >= 11 is 0. The van der Waals surface area contributed by atoms with Gasteiger partial charge in [0.1, 0.15) is 12.4 Å². The number of ether oxygens (including phenoxy) is 2. The molecule has 0 saturated heterocycles. The van der Waals surface area contributed by atoms with Gasteiger partial charge in [0.25, 0.3) is 0 Å². The highest BCUT2D eigenvalue weighted by Gasteiger charge is 2.45. The van der Waals surface area contributed by atoms with E-state index in [-0.39, 0.29) is 29.2 Å². The number of rotatable bonds is 12. The molecule has 2 aromatic rings. The monoisotopic (exact) mass is 484 g/mol. The summed E-state index contributed by atoms with van der Waals surface area (Å²) in [5.41, 5.74) is 1.53. The van der Waals surface area contributed by atoms with Crippen molar-refractivity contribution in [3.05, 3.63) is 53.9 Å². The third-order valence-corrected chi connectivity index (χ3v) is 5.83. The quantitative estimate of drug-likeness (QED) is 0.151. The second-order valence-electron chi connectivity index (χ2n) is 8.22. The molecule has 35 heavy (non-hydrogen) atoms. The van der Waals surface area contributed by atoms with E-state index in [2.05, 4.69) is 20.5 Å². The van der Waals surface area contributed by atoms with E-state index in [1.807, 2.05) is 18.4 Å². The number of carboxylic acid groups (broad SMARTS) is 1. The number of aliphatic carboxylic acids is 1. The lowest BCUT2D eigenvalue weighted by atomic mass is 10.1. The lowest BCUT2D eigenvalue weighted by Crippen LogP contribution is -2.30. The molecule has 1 aromatic carbocycles. The minimum absolute atomic E-state index is 0.0602. The molecule has 0 amide bonds. The number of anilines is 2. The molecule has 4 rings (SSSR count). The van der Waals surface area contributed by atoms with Crippen molar-refractivity contribution in [2.75, 3.05) is 50.3 Å². The van der Waals surface area contributed by atoms with Crippen LogP contribution in [0.25, 0.3) is 0 Å². The minimum Gasteiger partial charge on any atom is -0.491 e. The summed E-state index contributed by atoms with van der Waals surface area (Å²) in [5.74, 6) is -0.362. The van der Waals surface area contributed by atoms with Crippen LogP contribution >= 0.6 is 0 Å². The molecular weight excluding hydrogens is 456 g/mol. The number of hydroxylamine groups is 1. The van der Waals surface area contributed by atoms with Crippen molar-refractivity contribution < 1.29 is 29.2 Å². The Morgan fingerprint density at radius 1 is 1.31 bits per heavy atom. The van der Waals surface area contributed by atoms with Crippen molar-refractivity contribution in [3.63, 3.8) is 0 Å². The smallest absolute Gasteiger partial charge is 0.307 e. The summed E-state index contributed by atoms with van der Waals surface area (Å²) in [7, 11) is 1.59. The highest BCUT2D eigenvalue weighted by atomic mass is 16.6. The number of carbonyl (C=O) groups is 1. The average molecular weight is 485 g/mol. The summed E-state index contributed by atoms with van der Waals surface area (Å²) < 4.78 is 15.2. The Kier molecular flexibility index (Phi) is 7.63. The van der Waals surface area contributed by atoms with Crippen LogP contribution in [0.1, 0.15) is 12.1 Å². The van der Waals surface area contributed by atoms with Gasteiger partial charge in [0, 0.05) is 26.7 Å². The first-order chi connectivity index (χ1) is 17.0. The fraction of sp³-hybridized carbons (Fsp3) is 0.391. The van der Waals surface area contributed by atoms with E-state index in [9.17, 15) is 10.0 Å². The Morgan fingerprint density at radius 2 is 2.11 bits per heavy atom. The van der Waals surface area contributed by atoms with Gasteiger partial charge in [-0.3, -0.25) is 15.4 Å². The molecule has 1 saturated carbocycles. The third-order valence-electron chi connectivity index (χ3n) is 5.83. The maximum atomic E-state index is 11.1. The molecule has 0 radical (unpaired) electrons. The molecule has 2 atom stereocenters. The van der Waals surface area contributed by atoms with Crippen molar-refractivity contribution in [2.45, 2.75) is 6.42 Å². The summed E-state index contributed by atoms with van der Waals surface area (Å²) in [6.45, 7) is 2.62. The normalized spacial score (nSPS) is 18.7. The van der Waals surface area contributed by atoms with Gasteiger partial charge in [0.15, 0.2) is 11.5 Å². The van der Waals surface area contributed by atoms with Crippen LogP contribution in [0.2, 0.25) is 0 Å². The van der Waals surface area contributed by atoms with Crippen LogP contribution in [-0.2, 0) is 9.53 Å². The van der Waals surface area contributed by atoms with Crippen LogP contribution in [0.15, 0.2) is 52.8 Å². The van der Waals surface area contributed by atoms with Gasteiger partial charge < -0.3 is 24.8 Å². The van der Waals surface area contributed by atoms with Crippen LogP contribution in [0.5, 0.6) is 5.75 Å². The Balaban J connectivity index is 1.28. The number of carboxylic acids is 1. The summed E-state index contributed by atoms with van der Waals surface area (Å²) in [5, 5.41) is 39.3. The van der Waals surface area contributed by atoms with E-state index in [4.69, 9.17) is 24.6 Å². The van der Waals surface area contributed by atoms with Gasteiger partial charge in [-0.1, -0.05) is 6.08 Å². The molecule has 1 aromatic heterocycles. The van der Waals surface area contributed by atoms with Crippen LogP contribution in [0.3, 0.4) is 0 Å². The number of hydrogen-bond acceptors (Lipinski definition) is 10. The molecule has 0 bridgehead atoms. The summed E-state index contributed by atoms with van der Waals surface area (Å²) in [6, 6.07) is 6.58. The summed E-state index contributed by atoms with van der Waals surface area (Å²) in [6.07, 6.45) is 6.56. The lowest BCUT2D eigenvalue weighted by Gasteiger charge is -2.25. The van der Waals surface area contributed by atoms with Crippen molar-refractivity contribution in [1.82, 2.24) is 15.2 Å². The van der Waals surface area contributed by atoms with E-state index < -0.39 is 5.97 Å². The van der Waals surface area contributed by atoms with Gasteiger partial charge in [0.2, 0.25) is 5.82 Å². The number of aromatic nitrogens is 2. The van der Waals surface area contributed by atoms with Crippen molar-refractivity contribution in [1.29, 1.82) is 5.41 Å². The van der Waals surface area contributed by atoms with Crippen LogP contribution in [0, 0.1) is 17.2 Å². The fourth-order valence-electron chi connectivity index (χ4n) is 3.83. The molecule has 2 aliphatic rings. The third kappa shape index (κ3) is 5.97. The van der Waals surface area contributed by atoms with E-state index in [1.165, 1.54) is 0 Å². The van der Waals surface area contributed by atoms with E-state index in [1.54, 1.807) is 31.4 Å². The fourth-order valence-corrected chi connectivity index (χ4v) is 3.83. The molecule has 186 valence electrons. The average Bonchev–Trinajstić information content (AvgIpc) is 3.55. The van der Waals surface area contributed by atoms with Crippen LogP contribution in [-0.4, -0.2) is 77.3 Å². The SMILES string of the molecule is COCCOc1ccc(N(O)C(=N)c2nonc2NCCN2C=CC=C(C3CC3C(=O)O)C2)cc1. The first kappa shape index (κ1) is 24.2. The maximum absolute atomic E-state index is 11.1. The van der Waals surface area contributed by atoms with Gasteiger partial charge in [-0.25, -0.2) is 9.69 Å². The van der Waals surface area contributed by atoms with E-state index in [0.29, 0.717) is 55.8 Å². The minimum atomic E-state index is -0.739. The molecule has 2 heterocycles. The van der Waals surface area contributed by atoms with Crippen LogP contribution < -0.4 is 15.1 Å². The molecule has 1 aliphatic carbocycles. The number of allylic oxidation sites excluding steroid dienone is 2. The zero-order valence-corrected chi connectivity index (χ0v) is 19.3. The number of nitrogens with zero attached hydrogens (tertiary/aromatic N) is 4. The highest BCUT2D eigenvalue weighted by molar-refractivity contribution is 6.07. The molecule has 2 unspecified atom stereocenters. The Hall–Kier alpha value is -3.90. The first-order valence-corrected chi connectivity index (χ1v) is 11.2. The Labute approximate surface area is 201 Å². The Bertz CT molecular complexity index is 1100.